The summed E-state index contributed by atoms with van der Waals surface area (Å²) in [4.78, 5) is 23.0. The molecule has 0 saturated carbocycles. The first-order valence-corrected chi connectivity index (χ1v) is 7.62. The summed E-state index contributed by atoms with van der Waals surface area (Å²) >= 11 is 0. The number of hydrogen-bond acceptors (Lipinski definition) is 5. The van der Waals surface area contributed by atoms with Gasteiger partial charge in [-0.15, -0.1) is 0 Å². The van der Waals surface area contributed by atoms with E-state index < -0.39 is 4.92 Å². The molecule has 1 aliphatic rings. The van der Waals surface area contributed by atoms with Crippen LogP contribution in [0.3, 0.4) is 0 Å². The number of carbonyl (C=O) groups excluding carboxylic acids is 1. The fourth-order valence-corrected chi connectivity index (χ4v) is 2.79. The van der Waals surface area contributed by atoms with Crippen LogP contribution in [0, 0.1) is 21.4 Å². The van der Waals surface area contributed by atoms with Gasteiger partial charge in [-0.1, -0.05) is 12.1 Å². The average molecular weight is 334 g/mol. The van der Waals surface area contributed by atoms with Crippen LogP contribution in [0.1, 0.15) is 30.4 Å². The van der Waals surface area contributed by atoms with Gasteiger partial charge in [0.15, 0.2) is 0 Å². The lowest BCUT2D eigenvalue weighted by Crippen LogP contribution is -2.35. The molecule has 0 spiro atoms. The summed E-state index contributed by atoms with van der Waals surface area (Å²) in [5.74, 6) is -0.492. The molecule has 0 aromatic heterocycles. The first-order chi connectivity index (χ1) is 12.0. The van der Waals surface area contributed by atoms with Gasteiger partial charge in [0.2, 0.25) is 5.91 Å². The third-order valence-corrected chi connectivity index (χ3v) is 4.10. The monoisotopic (exact) mass is 334 g/mol. The normalized spacial score (nSPS) is 17.0. The standard InChI is InChI=1S/C18H14N4O3/c1-12-17(14-3-2-4-16(9-14)22(24)25)10-18(23)21(20-12)15-7-5-13(11-19)6-8-15/h2-9,17H,10H2,1H3. The summed E-state index contributed by atoms with van der Waals surface area (Å²) in [6.07, 6.45) is 0.177. The predicted molar refractivity (Wildman–Crippen MR) is 92.2 cm³/mol. The highest BCUT2D eigenvalue weighted by atomic mass is 16.6. The molecule has 2 aromatic carbocycles. The first-order valence-electron chi connectivity index (χ1n) is 7.62. The van der Waals surface area contributed by atoms with Crippen molar-refractivity contribution >= 4 is 23.0 Å². The average Bonchev–Trinajstić information content (AvgIpc) is 2.63. The van der Waals surface area contributed by atoms with E-state index >= 15 is 0 Å². The van der Waals surface area contributed by atoms with Gasteiger partial charge in [-0.2, -0.15) is 10.4 Å². The molecule has 0 fully saturated rings. The molecular formula is C18H14N4O3. The van der Waals surface area contributed by atoms with Crippen molar-refractivity contribution in [1.29, 1.82) is 5.26 Å². The van der Waals surface area contributed by atoms with E-state index in [1.54, 1.807) is 43.3 Å². The van der Waals surface area contributed by atoms with Crippen molar-refractivity contribution in [3.63, 3.8) is 0 Å². The van der Waals surface area contributed by atoms with Crippen molar-refractivity contribution in [2.45, 2.75) is 19.3 Å². The van der Waals surface area contributed by atoms with E-state index in [0.717, 1.165) is 0 Å². The molecule has 25 heavy (non-hydrogen) atoms. The smallest absolute Gasteiger partial charge is 0.269 e. The van der Waals surface area contributed by atoms with Crippen LogP contribution in [0.15, 0.2) is 53.6 Å². The number of hydrazone groups is 1. The second-order valence-corrected chi connectivity index (χ2v) is 5.71. The van der Waals surface area contributed by atoms with Crippen LogP contribution in [-0.2, 0) is 4.79 Å². The summed E-state index contributed by atoms with van der Waals surface area (Å²) in [5.41, 5.74) is 2.48. The number of nitriles is 1. The lowest BCUT2D eigenvalue weighted by Gasteiger charge is -2.28. The Hall–Kier alpha value is -3.53. The fourth-order valence-electron chi connectivity index (χ4n) is 2.79. The molecule has 1 atom stereocenters. The van der Waals surface area contributed by atoms with Gasteiger partial charge in [0.25, 0.3) is 5.69 Å². The molecular weight excluding hydrogens is 320 g/mol. The molecule has 1 unspecified atom stereocenters. The number of anilines is 1. The SMILES string of the molecule is CC1=NN(c2ccc(C#N)cc2)C(=O)CC1c1cccc([N+](=O)[O-])c1. The minimum Gasteiger partial charge on any atom is -0.273 e. The molecule has 0 aliphatic carbocycles. The van der Waals surface area contributed by atoms with Crippen LogP contribution >= 0.6 is 0 Å². The van der Waals surface area contributed by atoms with Crippen molar-refractivity contribution in [2.24, 2.45) is 5.10 Å². The molecule has 3 rings (SSSR count). The number of benzene rings is 2. The molecule has 0 saturated heterocycles. The highest BCUT2D eigenvalue weighted by Crippen LogP contribution is 2.31. The minimum atomic E-state index is -0.455. The lowest BCUT2D eigenvalue weighted by molar-refractivity contribution is -0.384. The number of amides is 1. The van der Waals surface area contributed by atoms with E-state index in [1.165, 1.54) is 17.1 Å². The zero-order valence-corrected chi connectivity index (χ0v) is 13.4. The highest BCUT2D eigenvalue weighted by molar-refractivity contribution is 6.04. The molecule has 2 aromatic rings. The maximum atomic E-state index is 12.5. The fraction of sp³-hybridized carbons (Fsp3) is 0.167. The quantitative estimate of drug-likeness (QED) is 0.634. The Morgan fingerprint density at radius 1 is 1.28 bits per heavy atom. The van der Waals surface area contributed by atoms with Gasteiger partial charge in [0.05, 0.1) is 22.2 Å². The van der Waals surface area contributed by atoms with Crippen LogP contribution in [0.25, 0.3) is 0 Å². The number of carbonyl (C=O) groups is 1. The van der Waals surface area contributed by atoms with Gasteiger partial charge in [0.1, 0.15) is 0 Å². The van der Waals surface area contributed by atoms with Crippen molar-refractivity contribution in [3.05, 3.63) is 69.8 Å². The summed E-state index contributed by atoms with van der Waals surface area (Å²) in [6.45, 7) is 1.80. The van der Waals surface area contributed by atoms with Crippen LogP contribution in [0.5, 0.6) is 0 Å². The van der Waals surface area contributed by atoms with E-state index in [9.17, 15) is 14.9 Å². The molecule has 1 heterocycles. The molecule has 0 radical (unpaired) electrons. The van der Waals surface area contributed by atoms with Crippen LogP contribution in [-0.4, -0.2) is 16.5 Å². The second kappa shape index (κ2) is 6.53. The minimum absolute atomic E-state index is 0.00716. The molecule has 0 bridgehead atoms. The number of nitro benzene ring substituents is 1. The van der Waals surface area contributed by atoms with E-state index in [0.29, 0.717) is 22.5 Å². The Balaban J connectivity index is 1.92. The maximum absolute atomic E-state index is 12.5. The number of rotatable bonds is 3. The summed E-state index contributed by atoms with van der Waals surface area (Å²) in [6, 6.07) is 14.9. The molecule has 124 valence electrons. The van der Waals surface area contributed by atoms with E-state index in [-0.39, 0.29) is 23.9 Å². The van der Waals surface area contributed by atoms with Crippen molar-refractivity contribution in [2.75, 3.05) is 5.01 Å². The first kappa shape index (κ1) is 16.3. The van der Waals surface area contributed by atoms with Gasteiger partial charge in [-0.3, -0.25) is 14.9 Å². The zero-order valence-electron chi connectivity index (χ0n) is 13.4. The summed E-state index contributed by atoms with van der Waals surface area (Å²) in [5, 5.41) is 25.5. The topological polar surface area (TPSA) is 99.6 Å². The second-order valence-electron chi connectivity index (χ2n) is 5.71. The van der Waals surface area contributed by atoms with Crippen molar-refractivity contribution in [1.82, 2.24) is 0 Å². The third-order valence-electron chi connectivity index (χ3n) is 4.10. The summed E-state index contributed by atoms with van der Waals surface area (Å²) < 4.78 is 0. The molecule has 0 N–H and O–H groups in total. The zero-order chi connectivity index (χ0) is 18.0. The number of nitrogens with zero attached hydrogens (tertiary/aromatic N) is 4. The number of hydrogen-bond donors (Lipinski definition) is 0. The molecule has 1 amide bonds. The highest BCUT2D eigenvalue weighted by Gasteiger charge is 2.30. The van der Waals surface area contributed by atoms with E-state index in [4.69, 9.17) is 5.26 Å². The Morgan fingerprint density at radius 3 is 2.64 bits per heavy atom. The van der Waals surface area contributed by atoms with Crippen molar-refractivity contribution in [3.8, 4) is 6.07 Å². The van der Waals surface area contributed by atoms with Gasteiger partial charge >= 0.3 is 0 Å². The van der Waals surface area contributed by atoms with Crippen LogP contribution < -0.4 is 5.01 Å². The Bertz CT molecular complexity index is 913. The Kier molecular flexibility index (Phi) is 4.27. The number of nitro groups is 1. The van der Waals surface area contributed by atoms with Crippen molar-refractivity contribution < 1.29 is 9.72 Å². The van der Waals surface area contributed by atoms with Gasteiger partial charge in [-0.05, 0) is 36.8 Å². The maximum Gasteiger partial charge on any atom is 0.269 e. The van der Waals surface area contributed by atoms with Crippen LogP contribution in [0.2, 0.25) is 0 Å². The van der Waals surface area contributed by atoms with E-state index in [1.807, 2.05) is 6.07 Å². The summed E-state index contributed by atoms with van der Waals surface area (Å²) in [7, 11) is 0. The largest absolute Gasteiger partial charge is 0.273 e. The van der Waals surface area contributed by atoms with E-state index in [2.05, 4.69) is 5.10 Å². The number of non-ortho nitro benzene ring substituents is 1. The van der Waals surface area contributed by atoms with Gasteiger partial charge in [-0.25, -0.2) is 5.01 Å². The predicted octanol–water partition coefficient (Wildman–Crippen LogP) is 3.36. The molecule has 7 heteroatoms. The Labute approximate surface area is 144 Å². The van der Waals surface area contributed by atoms with Gasteiger partial charge in [0, 0.05) is 30.2 Å². The van der Waals surface area contributed by atoms with Crippen LogP contribution in [0.4, 0.5) is 11.4 Å². The Morgan fingerprint density at radius 2 is 2.00 bits per heavy atom. The molecule has 1 aliphatic heterocycles. The lowest BCUT2D eigenvalue weighted by atomic mass is 9.90. The van der Waals surface area contributed by atoms with Gasteiger partial charge < -0.3 is 0 Å². The third kappa shape index (κ3) is 3.23. The molecule has 7 nitrogen and oxygen atoms in total.